The van der Waals surface area contributed by atoms with Crippen LogP contribution in [0, 0.1) is 0 Å². The maximum absolute atomic E-state index is 5.15. The fourth-order valence-electron chi connectivity index (χ4n) is 8.67. The number of hydrogen-bond donors (Lipinski definition) is 0. The van der Waals surface area contributed by atoms with Gasteiger partial charge in [0, 0.05) is 53.3 Å². The van der Waals surface area contributed by atoms with Gasteiger partial charge in [-0.25, -0.2) is 15.0 Å². The molecule has 0 unspecified atom stereocenters. The van der Waals surface area contributed by atoms with Crippen LogP contribution in [-0.2, 0) is 0 Å². The van der Waals surface area contributed by atoms with Crippen LogP contribution >= 0.6 is 11.3 Å². The van der Waals surface area contributed by atoms with E-state index in [2.05, 4.69) is 180 Å². The Kier molecular flexibility index (Phi) is 7.37. The Balaban J connectivity index is 0.945. The van der Waals surface area contributed by atoms with Crippen LogP contribution in [0.1, 0.15) is 0 Å². The molecule has 3 heterocycles. The number of hydrogen-bond acceptors (Lipinski definition) is 4. The van der Waals surface area contributed by atoms with E-state index in [9.17, 15) is 0 Å². The van der Waals surface area contributed by atoms with Gasteiger partial charge in [0.25, 0.3) is 0 Å². The SMILES string of the molecule is c1ccc(-c2nc(-c3ccc(-c4ccc(-n5c6cc7ccccc7cc6c6c7ccccc7ccc65)cc4)cc3)nc(-c3cccc4sc5ccccc5c34)n2)cc1. The first-order valence-electron chi connectivity index (χ1n) is 19.5. The molecule has 0 aliphatic carbocycles. The zero-order chi connectivity index (χ0) is 38.2. The predicted octanol–water partition coefficient (Wildman–Crippen LogP) is 14.3. The lowest BCUT2D eigenvalue weighted by molar-refractivity contribution is 1.08. The molecule has 58 heavy (non-hydrogen) atoms. The summed E-state index contributed by atoms with van der Waals surface area (Å²) in [7, 11) is 0. The molecule has 0 bridgehead atoms. The molecule has 0 atom stereocenters. The van der Waals surface area contributed by atoms with Gasteiger partial charge in [-0.1, -0.05) is 152 Å². The highest BCUT2D eigenvalue weighted by Crippen LogP contribution is 2.41. The zero-order valence-electron chi connectivity index (χ0n) is 31.2. The van der Waals surface area contributed by atoms with Crippen molar-refractivity contribution < 1.29 is 0 Å². The second-order valence-corrected chi connectivity index (χ2v) is 15.9. The number of benzene rings is 9. The normalized spacial score (nSPS) is 11.8. The molecule has 9 aromatic carbocycles. The Hall–Kier alpha value is -7.47. The molecule has 12 rings (SSSR count). The lowest BCUT2D eigenvalue weighted by Crippen LogP contribution is -2.00. The summed E-state index contributed by atoms with van der Waals surface area (Å²) in [6.45, 7) is 0. The molecule has 12 aromatic rings. The van der Waals surface area contributed by atoms with Crippen LogP contribution in [0.3, 0.4) is 0 Å². The van der Waals surface area contributed by atoms with Gasteiger partial charge in [0.05, 0.1) is 11.0 Å². The number of nitrogens with zero attached hydrogens (tertiary/aromatic N) is 4. The summed E-state index contributed by atoms with van der Waals surface area (Å²) in [5, 5.41) is 9.96. The Morgan fingerprint density at radius 1 is 0.345 bits per heavy atom. The summed E-state index contributed by atoms with van der Waals surface area (Å²) in [6.07, 6.45) is 0. The van der Waals surface area contributed by atoms with Gasteiger partial charge in [-0.3, -0.25) is 0 Å². The monoisotopic (exact) mass is 756 g/mol. The summed E-state index contributed by atoms with van der Waals surface area (Å²) in [4.78, 5) is 15.3. The molecule has 0 aliphatic heterocycles. The topological polar surface area (TPSA) is 43.6 Å². The quantitative estimate of drug-likeness (QED) is 0.176. The predicted molar refractivity (Wildman–Crippen MR) is 244 cm³/mol. The van der Waals surface area contributed by atoms with E-state index in [1.165, 1.54) is 63.5 Å². The van der Waals surface area contributed by atoms with Gasteiger partial charge < -0.3 is 4.57 Å². The van der Waals surface area contributed by atoms with Gasteiger partial charge in [-0.2, -0.15) is 0 Å². The van der Waals surface area contributed by atoms with E-state index in [1.54, 1.807) is 11.3 Å². The number of aromatic nitrogens is 4. The molecule has 3 aromatic heterocycles. The smallest absolute Gasteiger partial charge is 0.164 e. The van der Waals surface area contributed by atoms with Crippen molar-refractivity contribution in [2.75, 3.05) is 0 Å². The summed E-state index contributed by atoms with van der Waals surface area (Å²) in [5.74, 6) is 1.97. The van der Waals surface area contributed by atoms with Crippen molar-refractivity contribution in [3.63, 3.8) is 0 Å². The standard InChI is InChI=1S/C53H32N4S/c1-2-12-36(13-3-1)51-54-52(56-53(55-51)43-18-10-20-48-50(43)42-17-8-9-19-47(42)58-48)37-23-21-33(22-24-37)34-25-28-40(29-26-34)57-45-30-27-35-11-6-7-16-41(35)49(45)44-31-38-14-4-5-15-39(38)32-46(44)57/h1-32H. The highest BCUT2D eigenvalue weighted by Gasteiger charge is 2.18. The van der Waals surface area contributed by atoms with E-state index in [-0.39, 0.29) is 0 Å². The Morgan fingerprint density at radius 2 is 0.931 bits per heavy atom. The highest BCUT2D eigenvalue weighted by atomic mass is 32.1. The maximum Gasteiger partial charge on any atom is 0.164 e. The van der Waals surface area contributed by atoms with Crippen molar-refractivity contribution in [3.05, 3.63) is 194 Å². The second kappa shape index (κ2) is 13.1. The molecule has 0 aliphatic rings. The molecule has 4 nitrogen and oxygen atoms in total. The molecule has 0 N–H and O–H groups in total. The van der Waals surface area contributed by atoms with Crippen molar-refractivity contribution >= 4 is 74.9 Å². The maximum atomic E-state index is 5.15. The molecule has 0 radical (unpaired) electrons. The van der Waals surface area contributed by atoms with Crippen LogP contribution in [0.25, 0.3) is 115 Å². The molecular formula is C53H32N4S. The van der Waals surface area contributed by atoms with Crippen LogP contribution in [0.4, 0.5) is 0 Å². The molecule has 0 spiro atoms. The fourth-order valence-corrected chi connectivity index (χ4v) is 9.80. The van der Waals surface area contributed by atoms with Crippen molar-refractivity contribution in [3.8, 4) is 51.0 Å². The van der Waals surface area contributed by atoms with Gasteiger partial charge >= 0.3 is 0 Å². The van der Waals surface area contributed by atoms with Gasteiger partial charge in [0.15, 0.2) is 17.5 Å². The summed E-state index contributed by atoms with van der Waals surface area (Å²) in [6, 6.07) is 69.2. The number of rotatable bonds is 5. The van der Waals surface area contributed by atoms with Gasteiger partial charge in [0.1, 0.15) is 0 Å². The molecule has 0 saturated carbocycles. The van der Waals surface area contributed by atoms with Gasteiger partial charge in [-0.05, 0) is 75.1 Å². The average molecular weight is 757 g/mol. The first-order chi connectivity index (χ1) is 28.7. The third kappa shape index (κ3) is 5.25. The Labute approximate surface area is 338 Å². The lowest BCUT2D eigenvalue weighted by Gasteiger charge is -2.11. The van der Waals surface area contributed by atoms with Gasteiger partial charge in [-0.15, -0.1) is 11.3 Å². The molecular weight excluding hydrogens is 725 g/mol. The van der Waals surface area contributed by atoms with Crippen molar-refractivity contribution in [1.82, 2.24) is 19.5 Å². The van der Waals surface area contributed by atoms with E-state index in [0.717, 1.165) is 33.5 Å². The lowest BCUT2D eigenvalue weighted by atomic mass is 10.0. The number of thiophene rings is 1. The van der Waals surface area contributed by atoms with Crippen molar-refractivity contribution in [1.29, 1.82) is 0 Å². The summed E-state index contributed by atoms with van der Waals surface area (Å²) < 4.78 is 4.89. The molecule has 270 valence electrons. The minimum atomic E-state index is 0.647. The minimum Gasteiger partial charge on any atom is -0.309 e. The van der Waals surface area contributed by atoms with Crippen molar-refractivity contribution in [2.45, 2.75) is 0 Å². The number of fused-ring (bicyclic) bond motifs is 9. The van der Waals surface area contributed by atoms with E-state index >= 15 is 0 Å². The van der Waals surface area contributed by atoms with E-state index in [0.29, 0.717) is 17.5 Å². The van der Waals surface area contributed by atoms with Crippen LogP contribution in [-0.4, -0.2) is 19.5 Å². The van der Waals surface area contributed by atoms with Crippen LogP contribution < -0.4 is 0 Å². The first kappa shape index (κ1) is 32.7. The van der Waals surface area contributed by atoms with E-state index < -0.39 is 0 Å². The summed E-state index contributed by atoms with van der Waals surface area (Å²) in [5.41, 5.74) is 8.71. The minimum absolute atomic E-state index is 0.647. The van der Waals surface area contributed by atoms with Crippen LogP contribution in [0.2, 0.25) is 0 Å². The Bertz CT molecular complexity index is 3550. The van der Waals surface area contributed by atoms with Crippen molar-refractivity contribution in [2.24, 2.45) is 0 Å². The first-order valence-corrected chi connectivity index (χ1v) is 20.3. The largest absolute Gasteiger partial charge is 0.309 e. The van der Waals surface area contributed by atoms with E-state index in [4.69, 9.17) is 15.0 Å². The fraction of sp³-hybridized carbons (Fsp3) is 0. The van der Waals surface area contributed by atoms with Gasteiger partial charge in [0.2, 0.25) is 0 Å². The third-order valence-corrected chi connectivity index (χ3v) is 12.6. The molecule has 5 heteroatoms. The summed E-state index contributed by atoms with van der Waals surface area (Å²) >= 11 is 1.80. The zero-order valence-corrected chi connectivity index (χ0v) is 32.0. The molecule has 0 fully saturated rings. The van der Waals surface area contributed by atoms with Crippen LogP contribution in [0.5, 0.6) is 0 Å². The molecule has 0 amide bonds. The van der Waals surface area contributed by atoms with E-state index in [1.807, 2.05) is 18.2 Å². The highest BCUT2D eigenvalue weighted by molar-refractivity contribution is 7.25. The second-order valence-electron chi connectivity index (χ2n) is 14.8. The Morgan fingerprint density at radius 3 is 1.71 bits per heavy atom. The molecule has 0 saturated heterocycles. The average Bonchev–Trinajstić information content (AvgIpc) is 3.84. The third-order valence-electron chi connectivity index (χ3n) is 11.4. The van der Waals surface area contributed by atoms with Crippen LogP contribution in [0.15, 0.2) is 194 Å².